The number of carbonyl (C=O) groups excluding carboxylic acids is 1. The first kappa shape index (κ1) is 17.2. The Hall–Kier alpha value is -1.66. The van der Waals surface area contributed by atoms with Crippen molar-refractivity contribution in [2.75, 3.05) is 44.2 Å². The quantitative estimate of drug-likeness (QED) is 0.790. The van der Waals surface area contributed by atoms with Crippen molar-refractivity contribution in [2.45, 2.75) is 39.0 Å². The molecule has 6 nitrogen and oxygen atoms in total. The summed E-state index contributed by atoms with van der Waals surface area (Å²) in [6, 6.07) is 6.17. The van der Waals surface area contributed by atoms with Crippen LogP contribution >= 0.6 is 0 Å². The molecule has 3 rings (SSSR count). The monoisotopic (exact) mass is 334 g/mol. The van der Waals surface area contributed by atoms with Gasteiger partial charge >= 0.3 is 0 Å². The summed E-state index contributed by atoms with van der Waals surface area (Å²) in [7, 11) is 0. The minimum absolute atomic E-state index is 0.0180. The molecule has 24 heavy (non-hydrogen) atoms. The molecule has 1 aromatic rings. The molecule has 0 bridgehead atoms. The maximum atomic E-state index is 12.9. The van der Waals surface area contributed by atoms with E-state index in [1.54, 1.807) is 0 Å². The Morgan fingerprint density at radius 3 is 2.50 bits per heavy atom. The van der Waals surface area contributed by atoms with Gasteiger partial charge in [0.15, 0.2) is 6.04 Å². The van der Waals surface area contributed by atoms with E-state index in [4.69, 9.17) is 4.74 Å². The molecule has 1 amide bonds. The minimum atomic E-state index is 0.0180. The number of hydrogen-bond donors (Lipinski definition) is 1. The molecule has 3 heterocycles. The number of amides is 1. The fraction of sp³-hybridized carbons (Fsp3) is 0.667. The summed E-state index contributed by atoms with van der Waals surface area (Å²) in [5, 5.41) is 0. The molecule has 3 atom stereocenters. The number of morpholine rings is 1. The van der Waals surface area contributed by atoms with Crippen LogP contribution in [0.5, 0.6) is 0 Å². The summed E-state index contributed by atoms with van der Waals surface area (Å²) in [6.07, 6.45) is 2.22. The van der Waals surface area contributed by atoms with Crippen LogP contribution in [0.3, 0.4) is 0 Å². The second-order valence-electron chi connectivity index (χ2n) is 7.12. The maximum Gasteiger partial charge on any atom is 0.280 e. The van der Waals surface area contributed by atoms with Gasteiger partial charge in [0.2, 0.25) is 0 Å². The average molecular weight is 334 g/mol. The van der Waals surface area contributed by atoms with Gasteiger partial charge < -0.3 is 14.5 Å². The summed E-state index contributed by atoms with van der Waals surface area (Å²) < 4.78 is 5.74. The Balaban J connectivity index is 1.55. The van der Waals surface area contributed by atoms with Crippen molar-refractivity contribution in [3.8, 4) is 0 Å². The highest BCUT2D eigenvalue weighted by Crippen LogP contribution is 2.11. The van der Waals surface area contributed by atoms with E-state index in [0.29, 0.717) is 13.1 Å². The molecule has 0 saturated carbocycles. The number of aromatic nitrogens is 1. The molecule has 0 aliphatic carbocycles. The van der Waals surface area contributed by atoms with Crippen LogP contribution < -0.4 is 14.8 Å². The normalized spacial score (nSPS) is 27.1. The lowest BCUT2D eigenvalue weighted by Crippen LogP contribution is -3.19. The summed E-state index contributed by atoms with van der Waals surface area (Å²) in [6.45, 7) is 11.5. The van der Waals surface area contributed by atoms with Gasteiger partial charge in [0.25, 0.3) is 11.7 Å². The Labute approximate surface area is 144 Å². The standard InChI is InChI=1S/C18H28N4O2/c1-14-12-22(13-15(2)24-14)18(23)16(3)20-8-10-21(11-9-20)17-6-4-5-7-19-17/h4-7,14-16H,8-13H2,1-3H3/p+2/t14-,15+,16-/m1/s1. The highest BCUT2D eigenvalue weighted by Gasteiger charge is 2.36. The first-order chi connectivity index (χ1) is 11.5. The predicted octanol–water partition coefficient (Wildman–Crippen LogP) is -0.770. The van der Waals surface area contributed by atoms with Crippen LogP contribution in [0, 0.1) is 0 Å². The molecule has 0 radical (unpaired) electrons. The second-order valence-corrected chi connectivity index (χ2v) is 7.12. The molecule has 2 aliphatic heterocycles. The molecule has 6 heteroatoms. The zero-order chi connectivity index (χ0) is 17.1. The van der Waals surface area contributed by atoms with Gasteiger partial charge in [-0.25, -0.2) is 4.98 Å². The van der Waals surface area contributed by atoms with E-state index in [2.05, 4.69) is 28.9 Å². The van der Waals surface area contributed by atoms with E-state index in [-0.39, 0.29) is 24.2 Å². The first-order valence-corrected chi connectivity index (χ1v) is 9.05. The van der Waals surface area contributed by atoms with E-state index >= 15 is 0 Å². The second kappa shape index (κ2) is 7.49. The Morgan fingerprint density at radius 2 is 1.92 bits per heavy atom. The smallest absolute Gasteiger partial charge is 0.280 e. The third-order valence-corrected chi connectivity index (χ3v) is 5.15. The van der Waals surface area contributed by atoms with Crippen LogP contribution in [0.25, 0.3) is 0 Å². The highest BCUT2D eigenvalue weighted by molar-refractivity contribution is 5.80. The Morgan fingerprint density at radius 1 is 1.25 bits per heavy atom. The van der Waals surface area contributed by atoms with E-state index < -0.39 is 0 Å². The number of anilines is 1. The number of nitrogens with one attached hydrogen (secondary N) is 2. The number of quaternary nitrogens is 1. The minimum Gasteiger partial charge on any atom is -0.372 e. The zero-order valence-electron chi connectivity index (χ0n) is 15.0. The third-order valence-electron chi connectivity index (χ3n) is 5.15. The van der Waals surface area contributed by atoms with Gasteiger partial charge in [-0.15, -0.1) is 0 Å². The van der Waals surface area contributed by atoms with Crippen molar-refractivity contribution in [1.82, 2.24) is 4.90 Å². The lowest BCUT2D eigenvalue weighted by molar-refractivity contribution is -0.915. The SMILES string of the molecule is C[C@@H]1CN(C(=O)[C@@H](C)[NH+]2CCN(c3cccc[nH+]3)CC2)C[C@H](C)O1. The van der Waals surface area contributed by atoms with Gasteiger partial charge in [0.05, 0.1) is 18.4 Å². The summed E-state index contributed by atoms with van der Waals surface area (Å²) >= 11 is 0. The van der Waals surface area contributed by atoms with Crippen LogP contribution in [0.4, 0.5) is 5.82 Å². The van der Waals surface area contributed by atoms with Gasteiger partial charge in [-0.1, -0.05) is 6.07 Å². The van der Waals surface area contributed by atoms with Gasteiger partial charge in [0.1, 0.15) is 26.2 Å². The van der Waals surface area contributed by atoms with Crippen molar-refractivity contribution >= 4 is 11.7 Å². The van der Waals surface area contributed by atoms with Gasteiger partial charge in [-0.05, 0) is 26.8 Å². The van der Waals surface area contributed by atoms with Gasteiger partial charge in [-0.3, -0.25) is 9.69 Å². The average Bonchev–Trinajstić information content (AvgIpc) is 2.60. The van der Waals surface area contributed by atoms with Gasteiger partial charge in [-0.2, -0.15) is 0 Å². The first-order valence-electron chi connectivity index (χ1n) is 9.05. The van der Waals surface area contributed by atoms with E-state index in [1.807, 2.05) is 31.0 Å². The maximum absolute atomic E-state index is 12.9. The molecule has 2 N–H and O–H groups in total. The fourth-order valence-electron chi connectivity index (χ4n) is 3.85. The van der Waals surface area contributed by atoms with Crippen molar-refractivity contribution in [3.63, 3.8) is 0 Å². The Kier molecular flexibility index (Phi) is 5.36. The summed E-state index contributed by atoms with van der Waals surface area (Å²) in [5.41, 5.74) is 0. The van der Waals surface area contributed by atoms with Crippen LogP contribution in [0.15, 0.2) is 24.4 Å². The zero-order valence-corrected chi connectivity index (χ0v) is 15.0. The van der Waals surface area contributed by atoms with Crippen LogP contribution in [-0.4, -0.2) is 68.3 Å². The summed E-state index contributed by atoms with van der Waals surface area (Å²) in [5.74, 6) is 1.43. The number of rotatable bonds is 3. The molecule has 0 aromatic carbocycles. The summed E-state index contributed by atoms with van der Waals surface area (Å²) in [4.78, 5) is 21.9. The van der Waals surface area contributed by atoms with Crippen molar-refractivity contribution in [2.24, 2.45) is 0 Å². The van der Waals surface area contributed by atoms with Crippen molar-refractivity contribution in [3.05, 3.63) is 24.4 Å². The largest absolute Gasteiger partial charge is 0.372 e. The van der Waals surface area contributed by atoms with E-state index in [1.165, 1.54) is 4.90 Å². The number of ether oxygens (including phenoxy) is 1. The van der Waals surface area contributed by atoms with Crippen molar-refractivity contribution in [1.29, 1.82) is 0 Å². The fourth-order valence-corrected chi connectivity index (χ4v) is 3.85. The lowest BCUT2D eigenvalue weighted by Gasteiger charge is -2.38. The number of pyridine rings is 1. The number of carbonyl (C=O) groups is 1. The molecule has 0 spiro atoms. The van der Waals surface area contributed by atoms with Gasteiger partial charge in [0, 0.05) is 19.2 Å². The topological polar surface area (TPSA) is 51.4 Å². The van der Waals surface area contributed by atoms with Crippen molar-refractivity contribution < 1.29 is 19.4 Å². The number of aromatic amines is 1. The molecule has 132 valence electrons. The van der Waals surface area contributed by atoms with E-state index in [9.17, 15) is 4.79 Å². The Bertz CT molecular complexity index is 535. The number of nitrogens with zero attached hydrogens (tertiary/aromatic N) is 2. The number of piperazine rings is 1. The van der Waals surface area contributed by atoms with E-state index in [0.717, 1.165) is 32.0 Å². The molecular formula is C18H30N4O2+2. The number of H-pyrrole nitrogens is 1. The predicted molar refractivity (Wildman–Crippen MR) is 92.0 cm³/mol. The number of hydrogen-bond acceptors (Lipinski definition) is 3. The van der Waals surface area contributed by atoms with Crippen LogP contribution in [0.1, 0.15) is 20.8 Å². The van der Waals surface area contributed by atoms with Crippen LogP contribution in [0.2, 0.25) is 0 Å². The molecule has 2 fully saturated rings. The molecular weight excluding hydrogens is 304 g/mol. The lowest BCUT2D eigenvalue weighted by atomic mass is 10.1. The highest BCUT2D eigenvalue weighted by atomic mass is 16.5. The molecule has 2 saturated heterocycles. The molecule has 0 unspecified atom stereocenters. The molecule has 1 aromatic heterocycles. The third kappa shape index (κ3) is 3.87. The van der Waals surface area contributed by atoms with Crippen LogP contribution in [-0.2, 0) is 9.53 Å². The molecule has 2 aliphatic rings.